The molecule has 8 atom stereocenters. The standard InChI is InChI=1S/C27H43NO11/c1-4-17(2)27(33)39-24-15-21(30)13-19-6-5-18(3)23(26(19)24)8-7-20(29)14-22(31)16-25(32)37-11-9-36-10-12-38-28(34)35/h5-6,13,17-18,20-24,26,29-31H,4,7-12,14-16H2,1-3H3/t17-,18-,20+,21+,22+,23-,24-,26-/m0/s1. The highest BCUT2D eigenvalue weighted by molar-refractivity contribution is 5.72. The maximum atomic E-state index is 12.6. The molecule has 0 aromatic rings. The van der Waals surface area contributed by atoms with Crippen LogP contribution >= 0.6 is 0 Å². The number of hydrogen-bond donors (Lipinski definition) is 3. The summed E-state index contributed by atoms with van der Waals surface area (Å²) in [6.45, 7) is 5.53. The summed E-state index contributed by atoms with van der Waals surface area (Å²) in [6.07, 6.45) is 4.46. The molecule has 222 valence electrons. The van der Waals surface area contributed by atoms with Gasteiger partial charge in [0, 0.05) is 12.3 Å². The first kappa shape index (κ1) is 32.7. The molecule has 0 aromatic carbocycles. The van der Waals surface area contributed by atoms with Gasteiger partial charge in [0.15, 0.2) is 0 Å². The van der Waals surface area contributed by atoms with Crippen molar-refractivity contribution in [2.45, 2.75) is 83.7 Å². The molecule has 0 bridgehead atoms. The fourth-order valence-electron chi connectivity index (χ4n) is 5.06. The van der Waals surface area contributed by atoms with Gasteiger partial charge in [0.05, 0.1) is 43.9 Å². The number of carbonyl (C=O) groups excluding carboxylic acids is 2. The molecule has 0 spiro atoms. The van der Waals surface area contributed by atoms with E-state index in [1.165, 1.54) is 0 Å². The van der Waals surface area contributed by atoms with E-state index in [0.29, 0.717) is 25.7 Å². The van der Waals surface area contributed by atoms with E-state index < -0.39 is 35.5 Å². The molecule has 2 aliphatic rings. The number of nitrogens with zero attached hydrogens (tertiary/aromatic N) is 1. The van der Waals surface area contributed by atoms with Gasteiger partial charge in [-0.2, -0.15) is 0 Å². The van der Waals surface area contributed by atoms with Crippen LogP contribution < -0.4 is 0 Å². The van der Waals surface area contributed by atoms with Gasteiger partial charge in [0.25, 0.3) is 5.09 Å². The lowest BCUT2D eigenvalue weighted by Crippen LogP contribution is -2.43. The number of aliphatic hydroxyl groups excluding tert-OH is 3. The van der Waals surface area contributed by atoms with Crippen molar-refractivity contribution in [2.75, 3.05) is 26.4 Å². The minimum atomic E-state index is -1.09. The summed E-state index contributed by atoms with van der Waals surface area (Å²) in [5.74, 6) is -1.02. The van der Waals surface area contributed by atoms with Crippen molar-refractivity contribution in [2.24, 2.45) is 23.7 Å². The van der Waals surface area contributed by atoms with Crippen molar-refractivity contribution < 1.29 is 49.0 Å². The zero-order valence-electron chi connectivity index (χ0n) is 23.0. The summed E-state index contributed by atoms with van der Waals surface area (Å²) >= 11 is 0. The molecule has 0 saturated heterocycles. The lowest BCUT2D eigenvalue weighted by molar-refractivity contribution is -0.758. The van der Waals surface area contributed by atoms with Gasteiger partial charge in [-0.05, 0) is 43.1 Å². The Hall–Kier alpha value is -2.54. The first-order valence-electron chi connectivity index (χ1n) is 13.7. The van der Waals surface area contributed by atoms with Crippen LogP contribution in [-0.2, 0) is 28.6 Å². The Balaban J connectivity index is 1.81. The van der Waals surface area contributed by atoms with Crippen LogP contribution in [0, 0.1) is 33.8 Å². The topological polar surface area (TPSA) is 175 Å². The Morgan fingerprint density at radius 1 is 1.18 bits per heavy atom. The lowest BCUT2D eigenvalue weighted by Gasteiger charge is -2.43. The van der Waals surface area contributed by atoms with Crippen LogP contribution in [0.1, 0.15) is 59.3 Å². The smallest absolute Gasteiger partial charge is 0.308 e. The third-order valence-corrected chi connectivity index (χ3v) is 7.35. The molecular weight excluding hydrogens is 514 g/mol. The summed E-state index contributed by atoms with van der Waals surface area (Å²) in [4.78, 5) is 38.6. The molecule has 0 fully saturated rings. The van der Waals surface area contributed by atoms with Gasteiger partial charge in [-0.15, -0.1) is 10.1 Å². The van der Waals surface area contributed by atoms with Crippen LogP contribution in [-0.4, -0.2) is 83.2 Å². The van der Waals surface area contributed by atoms with Crippen LogP contribution in [0.2, 0.25) is 0 Å². The minimum Gasteiger partial charge on any atom is -0.463 e. The maximum absolute atomic E-state index is 12.6. The number of fused-ring (bicyclic) bond motifs is 1. The van der Waals surface area contributed by atoms with Crippen molar-refractivity contribution in [1.29, 1.82) is 0 Å². The highest BCUT2D eigenvalue weighted by atomic mass is 17.0. The largest absolute Gasteiger partial charge is 0.463 e. The first-order valence-corrected chi connectivity index (χ1v) is 13.7. The normalized spacial score (nSPS) is 26.5. The van der Waals surface area contributed by atoms with E-state index >= 15 is 0 Å². The number of aliphatic hydroxyl groups is 3. The SMILES string of the molecule is CC[C@H](C)C(=O)O[C@H]1C[C@H](O)C=C2C=C[C@H](C)[C@H](CC[C@@H](O)C[C@@H](O)CC(=O)OCCOCCO[N+](=O)[O-])[C@H]21. The Bertz CT molecular complexity index is 861. The van der Waals surface area contributed by atoms with Gasteiger partial charge >= 0.3 is 11.9 Å². The summed E-state index contributed by atoms with van der Waals surface area (Å²) in [7, 11) is 0. The van der Waals surface area contributed by atoms with Crippen LogP contribution in [0.25, 0.3) is 0 Å². The predicted octanol–water partition coefficient (Wildman–Crippen LogP) is 2.12. The van der Waals surface area contributed by atoms with E-state index in [-0.39, 0.29) is 68.9 Å². The second-order valence-corrected chi connectivity index (χ2v) is 10.4. The van der Waals surface area contributed by atoms with Gasteiger partial charge < -0.3 is 34.4 Å². The van der Waals surface area contributed by atoms with Gasteiger partial charge in [0.2, 0.25) is 0 Å². The zero-order chi connectivity index (χ0) is 28.9. The fraction of sp³-hybridized carbons (Fsp3) is 0.778. The van der Waals surface area contributed by atoms with Crippen molar-refractivity contribution in [3.05, 3.63) is 33.9 Å². The van der Waals surface area contributed by atoms with Gasteiger partial charge in [-0.1, -0.05) is 39.0 Å². The summed E-state index contributed by atoms with van der Waals surface area (Å²) in [6, 6.07) is 0. The van der Waals surface area contributed by atoms with E-state index in [1.807, 2.05) is 26.0 Å². The van der Waals surface area contributed by atoms with Crippen LogP contribution in [0.15, 0.2) is 23.8 Å². The molecule has 2 aliphatic carbocycles. The molecule has 12 heteroatoms. The van der Waals surface area contributed by atoms with Crippen molar-refractivity contribution in [1.82, 2.24) is 0 Å². The third-order valence-electron chi connectivity index (χ3n) is 7.35. The Morgan fingerprint density at radius 2 is 1.90 bits per heavy atom. The summed E-state index contributed by atoms with van der Waals surface area (Å²) in [5, 5.41) is 40.3. The van der Waals surface area contributed by atoms with E-state index in [4.69, 9.17) is 14.2 Å². The Morgan fingerprint density at radius 3 is 2.59 bits per heavy atom. The second-order valence-electron chi connectivity index (χ2n) is 10.4. The third kappa shape index (κ3) is 11.2. The quantitative estimate of drug-likeness (QED) is 0.103. The highest BCUT2D eigenvalue weighted by Crippen LogP contribution is 2.44. The first-order chi connectivity index (χ1) is 18.5. The lowest BCUT2D eigenvalue weighted by atomic mass is 9.66. The van der Waals surface area contributed by atoms with E-state index in [1.54, 1.807) is 0 Å². The molecule has 0 saturated carbocycles. The van der Waals surface area contributed by atoms with Crippen LogP contribution in [0.3, 0.4) is 0 Å². The Kier molecular flexibility index (Phi) is 13.9. The number of allylic oxidation sites excluding steroid dienone is 2. The van der Waals surface area contributed by atoms with E-state index in [0.717, 1.165) is 5.57 Å². The summed E-state index contributed by atoms with van der Waals surface area (Å²) < 4.78 is 15.9. The van der Waals surface area contributed by atoms with Crippen LogP contribution in [0.4, 0.5) is 0 Å². The van der Waals surface area contributed by atoms with Crippen LogP contribution in [0.5, 0.6) is 0 Å². The molecule has 2 rings (SSSR count). The predicted molar refractivity (Wildman–Crippen MR) is 139 cm³/mol. The van der Waals surface area contributed by atoms with Crippen molar-refractivity contribution >= 4 is 11.9 Å². The molecule has 0 aliphatic heterocycles. The summed E-state index contributed by atoms with van der Waals surface area (Å²) in [5.41, 5.74) is 0.936. The number of esters is 2. The molecular formula is C27H43NO11. The van der Waals surface area contributed by atoms with E-state index in [9.17, 15) is 35.0 Å². The zero-order valence-corrected chi connectivity index (χ0v) is 23.0. The highest BCUT2D eigenvalue weighted by Gasteiger charge is 2.42. The number of ether oxygens (including phenoxy) is 3. The van der Waals surface area contributed by atoms with Gasteiger partial charge in [-0.3, -0.25) is 9.59 Å². The molecule has 0 aromatic heterocycles. The molecule has 0 heterocycles. The van der Waals surface area contributed by atoms with E-state index in [2.05, 4.69) is 17.8 Å². The maximum Gasteiger partial charge on any atom is 0.308 e. The Labute approximate surface area is 229 Å². The molecule has 12 nitrogen and oxygen atoms in total. The average molecular weight is 558 g/mol. The number of carbonyl (C=O) groups is 2. The van der Waals surface area contributed by atoms with Crippen molar-refractivity contribution in [3.63, 3.8) is 0 Å². The molecule has 0 radical (unpaired) electrons. The number of hydrogen-bond acceptors (Lipinski definition) is 11. The van der Waals surface area contributed by atoms with Gasteiger partial charge in [0.1, 0.15) is 19.3 Å². The molecule has 39 heavy (non-hydrogen) atoms. The molecule has 0 amide bonds. The number of rotatable bonds is 17. The molecule has 0 unspecified atom stereocenters. The monoisotopic (exact) mass is 557 g/mol. The van der Waals surface area contributed by atoms with Crippen molar-refractivity contribution in [3.8, 4) is 0 Å². The molecule has 3 N–H and O–H groups in total. The van der Waals surface area contributed by atoms with Gasteiger partial charge in [-0.25, -0.2) is 0 Å². The second kappa shape index (κ2) is 16.5. The minimum absolute atomic E-state index is 0.000718. The fourth-order valence-corrected chi connectivity index (χ4v) is 5.06. The average Bonchev–Trinajstić information content (AvgIpc) is 2.86.